The van der Waals surface area contributed by atoms with Gasteiger partial charge in [-0.3, -0.25) is 9.88 Å². The number of nitrogens with zero attached hydrogens (tertiary/aromatic N) is 2. The minimum Gasteiger partial charge on any atom is -0.338 e. The lowest BCUT2D eigenvalue weighted by Gasteiger charge is -2.32. The zero-order valence-electron chi connectivity index (χ0n) is 13.0. The van der Waals surface area contributed by atoms with Crippen LogP contribution in [0.25, 0.3) is 0 Å². The van der Waals surface area contributed by atoms with Crippen molar-refractivity contribution >= 4 is 11.7 Å². The number of amides is 2. The molecule has 0 saturated carbocycles. The molecule has 2 N–H and O–H groups in total. The summed E-state index contributed by atoms with van der Waals surface area (Å²) in [5.41, 5.74) is 1.56. The van der Waals surface area contributed by atoms with Gasteiger partial charge in [-0.1, -0.05) is 0 Å². The Morgan fingerprint density at radius 2 is 2.09 bits per heavy atom. The molecule has 0 spiro atoms. The van der Waals surface area contributed by atoms with E-state index in [4.69, 9.17) is 0 Å². The Morgan fingerprint density at radius 1 is 1.39 bits per heavy atom. The Labute approximate surface area is 133 Å². The number of anilines is 1. The number of nitrogens with one attached hydrogen (secondary N) is 2. The number of hydrogen-bond donors (Lipinski definition) is 2. The number of pyridine rings is 1. The molecule has 2 amide bonds. The van der Waals surface area contributed by atoms with Crippen LogP contribution in [0, 0.1) is 12.8 Å². The lowest BCUT2D eigenvalue weighted by Crippen LogP contribution is -2.43. The molecule has 23 heavy (non-hydrogen) atoms. The summed E-state index contributed by atoms with van der Waals surface area (Å²) in [7, 11) is 0. The number of carbonyl (C=O) groups is 1. The van der Waals surface area contributed by atoms with Crippen LogP contribution < -0.4 is 10.6 Å². The van der Waals surface area contributed by atoms with E-state index in [1.54, 1.807) is 18.5 Å². The molecule has 0 radical (unpaired) electrons. The number of alkyl halides is 3. The van der Waals surface area contributed by atoms with E-state index in [1.807, 2.05) is 6.92 Å². The molecule has 1 aliphatic heterocycles. The predicted octanol–water partition coefficient (Wildman–Crippen LogP) is 2.79. The highest BCUT2D eigenvalue weighted by Crippen LogP contribution is 2.22. The molecule has 0 unspecified atom stereocenters. The lowest BCUT2D eigenvalue weighted by molar-refractivity contribution is -0.148. The van der Waals surface area contributed by atoms with E-state index in [2.05, 4.69) is 15.6 Å². The Morgan fingerprint density at radius 3 is 2.70 bits per heavy atom. The summed E-state index contributed by atoms with van der Waals surface area (Å²) in [5, 5.41) is 5.52. The van der Waals surface area contributed by atoms with E-state index < -0.39 is 12.7 Å². The summed E-state index contributed by atoms with van der Waals surface area (Å²) < 4.78 is 37.0. The Bertz CT molecular complexity index is 528. The van der Waals surface area contributed by atoms with Crippen LogP contribution in [-0.2, 0) is 0 Å². The van der Waals surface area contributed by atoms with E-state index in [-0.39, 0.29) is 11.9 Å². The third-order valence-corrected chi connectivity index (χ3v) is 3.93. The van der Waals surface area contributed by atoms with Crippen molar-refractivity contribution in [2.75, 3.05) is 31.5 Å². The lowest BCUT2D eigenvalue weighted by atomic mass is 9.97. The number of carbonyl (C=O) groups excluding carboxylic acids is 1. The van der Waals surface area contributed by atoms with Gasteiger partial charge in [0.15, 0.2) is 0 Å². The van der Waals surface area contributed by atoms with Crippen molar-refractivity contribution in [3.8, 4) is 0 Å². The van der Waals surface area contributed by atoms with Crippen molar-refractivity contribution in [1.29, 1.82) is 0 Å². The summed E-state index contributed by atoms with van der Waals surface area (Å²) in [6.45, 7) is 2.29. The van der Waals surface area contributed by atoms with Crippen molar-refractivity contribution in [2.24, 2.45) is 5.92 Å². The van der Waals surface area contributed by atoms with Crippen molar-refractivity contribution in [3.05, 3.63) is 24.0 Å². The molecular formula is C15H21F3N4O. The second-order valence-corrected chi connectivity index (χ2v) is 5.86. The van der Waals surface area contributed by atoms with E-state index in [9.17, 15) is 18.0 Å². The van der Waals surface area contributed by atoms with Crippen LogP contribution in [0.3, 0.4) is 0 Å². The number of aryl methyl sites for hydroxylation is 1. The van der Waals surface area contributed by atoms with Gasteiger partial charge in [-0.25, -0.2) is 4.79 Å². The van der Waals surface area contributed by atoms with Crippen molar-refractivity contribution in [2.45, 2.75) is 25.9 Å². The Kier molecular flexibility index (Phi) is 5.81. The molecule has 8 heteroatoms. The van der Waals surface area contributed by atoms with Crippen molar-refractivity contribution in [1.82, 2.24) is 15.2 Å². The average molecular weight is 330 g/mol. The first-order chi connectivity index (χ1) is 10.8. The van der Waals surface area contributed by atoms with Gasteiger partial charge in [-0.15, -0.1) is 0 Å². The highest BCUT2D eigenvalue weighted by atomic mass is 19.4. The standard InChI is InChI=1S/C15H21F3N4O/c1-11-8-19-5-2-13(11)21-14(23)20-9-12-3-6-22(7-4-12)10-15(16,17)18/h2,5,8,12H,3-4,6-7,9-10H2,1H3,(H2,19,20,21,23). The highest BCUT2D eigenvalue weighted by Gasteiger charge is 2.32. The summed E-state index contributed by atoms with van der Waals surface area (Å²) in [6, 6.07) is 1.40. The first kappa shape index (κ1) is 17.5. The number of halogens is 3. The Balaban J connectivity index is 1.69. The zero-order valence-corrected chi connectivity index (χ0v) is 13.0. The largest absolute Gasteiger partial charge is 0.401 e. The van der Waals surface area contributed by atoms with Gasteiger partial charge in [-0.05, 0) is 50.4 Å². The van der Waals surface area contributed by atoms with Gasteiger partial charge < -0.3 is 10.6 Å². The van der Waals surface area contributed by atoms with Crippen molar-refractivity contribution < 1.29 is 18.0 Å². The SMILES string of the molecule is Cc1cnccc1NC(=O)NCC1CCN(CC(F)(F)F)CC1. The maximum Gasteiger partial charge on any atom is 0.401 e. The van der Waals surface area contributed by atoms with Crippen LogP contribution in [-0.4, -0.2) is 48.3 Å². The van der Waals surface area contributed by atoms with E-state index in [0.29, 0.717) is 38.2 Å². The first-order valence-corrected chi connectivity index (χ1v) is 7.58. The van der Waals surface area contributed by atoms with Crippen molar-refractivity contribution in [3.63, 3.8) is 0 Å². The fraction of sp³-hybridized carbons (Fsp3) is 0.600. The number of hydrogen-bond acceptors (Lipinski definition) is 3. The summed E-state index contributed by atoms with van der Waals surface area (Å²) in [5.74, 6) is 0.212. The predicted molar refractivity (Wildman–Crippen MR) is 81.2 cm³/mol. The number of aromatic nitrogens is 1. The topological polar surface area (TPSA) is 57.3 Å². The molecule has 1 aliphatic rings. The van der Waals surface area contributed by atoms with Gasteiger partial charge in [0, 0.05) is 24.6 Å². The first-order valence-electron chi connectivity index (χ1n) is 7.58. The van der Waals surface area contributed by atoms with Crippen LogP contribution in [0.2, 0.25) is 0 Å². The maximum absolute atomic E-state index is 12.3. The third-order valence-electron chi connectivity index (χ3n) is 3.93. The molecule has 1 saturated heterocycles. The van der Waals surface area contributed by atoms with Crippen LogP contribution in [0.5, 0.6) is 0 Å². The third kappa shape index (κ3) is 6.05. The van der Waals surface area contributed by atoms with Gasteiger partial charge >= 0.3 is 12.2 Å². The molecule has 2 heterocycles. The van der Waals surface area contributed by atoms with Crippen LogP contribution >= 0.6 is 0 Å². The minimum atomic E-state index is -4.15. The second-order valence-electron chi connectivity index (χ2n) is 5.86. The Hall–Kier alpha value is -1.83. The second kappa shape index (κ2) is 7.63. The van der Waals surface area contributed by atoms with Gasteiger partial charge in [-0.2, -0.15) is 13.2 Å². The van der Waals surface area contributed by atoms with E-state index in [1.165, 1.54) is 4.90 Å². The number of piperidine rings is 1. The molecule has 2 rings (SSSR count). The zero-order chi connectivity index (χ0) is 16.9. The molecule has 1 aromatic rings. The van der Waals surface area contributed by atoms with Crippen LogP contribution in [0.1, 0.15) is 18.4 Å². The fourth-order valence-corrected chi connectivity index (χ4v) is 2.62. The molecule has 0 aliphatic carbocycles. The molecule has 128 valence electrons. The molecule has 0 atom stereocenters. The van der Waals surface area contributed by atoms with E-state index >= 15 is 0 Å². The molecule has 1 aromatic heterocycles. The molecule has 0 bridgehead atoms. The summed E-state index contributed by atoms with van der Waals surface area (Å²) in [6.07, 6.45) is 0.424. The molecular weight excluding hydrogens is 309 g/mol. The normalized spacial score (nSPS) is 17.0. The smallest absolute Gasteiger partial charge is 0.338 e. The van der Waals surface area contributed by atoms with Gasteiger partial charge in [0.25, 0.3) is 0 Å². The van der Waals surface area contributed by atoms with Gasteiger partial charge in [0.2, 0.25) is 0 Å². The van der Waals surface area contributed by atoms with E-state index in [0.717, 1.165) is 5.56 Å². The number of urea groups is 1. The molecule has 0 aromatic carbocycles. The fourth-order valence-electron chi connectivity index (χ4n) is 2.62. The monoisotopic (exact) mass is 330 g/mol. The summed E-state index contributed by atoms with van der Waals surface area (Å²) >= 11 is 0. The van der Waals surface area contributed by atoms with Gasteiger partial charge in [0.1, 0.15) is 0 Å². The van der Waals surface area contributed by atoms with Crippen LogP contribution in [0.4, 0.5) is 23.7 Å². The van der Waals surface area contributed by atoms with Crippen LogP contribution in [0.15, 0.2) is 18.5 Å². The minimum absolute atomic E-state index is 0.212. The maximum atomic E-state index is 12.3. The molecule has 1 fully saturated rings. The average Bonchev–Trinajstić information content (AvgIpc) is 2.47. The quantitative estimate of drug-likeness (QED) is 0.892. The highest BCUT2D eigenvalue weighted by molar-refractivity contribution is 5.89. The summed E-state index contributed by atoms with van der Waals surface area (Å²) in [4.78, 5) is 17.2. The number of likely N-dealkylation sites (tertiary alicyclic amines) is 1. The van der Waals surface area contributed by atoms with Gasteiger partial charge in [0.05, 0.1) is 6.54 Å². The molecule has 5 nitrogen and oxygen atoms in total. The number of rotatable bonds is 4.